The number of carbonyl (C=O) groups is 2. The molecule has 1 fully saturated rings. The maximum Gasteiger partial charge on any atom is 0.221 e. The summed E-state index contributed by atoms with van der Waals surface area (Å²) in [6.07, 6.45) is 1.72. The third-order valence-electron chi connectivity index (χ3n) is 3.25. The highest BCUT2D eigenvalue weighted by Gasteiger charge is 2.26. The van der Waals surface area contributed by atoms with E-state index in [0.717, 1.165) is 19.4 Å². The smallest absolute Gasteiger partial charge is 0.221 e. The number of benzene rings is 1. The van der Waals surface area contributed by atoms with Gasteiger partial charge in [0.05, 0.1) is 11.7 Å². The first kappa shape index (κ1) is 13.7. The number of halogens is 1. The molecule has 1 atom stereocenters. The number of amides is 1. The van der Waals surface area contributed by atoms with Crippen LogP contribution in [0.3, 0.4) is 0 Å². The van der Waals surface area contributed by atoms with E-state index in [0.29, 0.717) is 11.1 Å². The van der Waals surface area contributed by atoms with Crippen molar-refractivity contribution in [2.75, 3.05) is 11.9 Å². The van der Waals surface area contributed by atoms with Crippen LogP contribution in [0.25, 0.3) is 0 Å². The van der Waals surface area contributed by atoms with Crippen LogP contribution in [0.2, 0.25) is 0 Å². The van der Waals surface area contributed by atoms with Gasteiger partial charge in [0.25, 0.3) is 0 Å². The van der Waals surface area contributed by atoms with E-state index < -0.39 is 5.82 Å². The third kappa shape index (κ3) is 2.98. The maximum absolute atomic E-state index is 13.6. The van der Waals surface area contributed by atoms with Crippen LogP contribution in [-0.2, 0) is 4.79 Å². The normalized spacial score (nSPS) is 18.4. The van der Waals surface area contributed by atoms with E-state index in [4.69, 9.17) is 0 Å². The topological polar surface area (TPSA) is 58.2 Å². The summed E-state index contributed by atoms with van der Waals surface area (Å²) in [7, 11) is 0. The Kier molecular flexibility index (Phi) is 3.95. The van der Waals surface area contributed by atoms with Gasteiger partial charge in [0.2, 0.25) is 5.91 Å². The Morgan fingerprint density at radius 3 is 2.74 bits per heavy atom. The van der Waals surface area contributed by atoms with Crippen molar-refractivity contribution in [1.29, 1.82) is 0 Å². The molecule has 0 bridgehead atoms. The molecule has 0 radical (unpaired) electrons. The fraction of sp³-hybridized carbons (Fsp3) is 0.429. The van der Waals surface area contributed by atoms with Crippen LogP contribution < -0.4 is 10.6 Å². The first-order valence-corrected chi connectivity index (χ1v) is 6.34. The molecule has 5 heteroatoms. The van der Waals surface area contributed by atoms with Gasteiger partial charge in [0.1, 0.15) is 5.82 Å². The number of aryl methyl sites for hydroxylation is 1. The van der Waals surface area contributed by atoms with Gasteiger partial charge in [-0.25, -0.2) is 4.39 Å². The van der Waals surface area contributed by atoms with Crippen LogP contribution in [0.5, 0.6) is 0 Å². The number of ketones is 1. The highest BCUT2D eigenvalue weighted by Crippen LogP contribution is 2.24. The van der Waals surface area contributed by atoms with E-state index in [-0.39, 0.29) is 23.4 Å². The second-order valence-electron chi connectivity index (χ2n) is 4.84. The van der Waals surface area contributed by atoms with Crippen molar-refractivity contribution in [3.8, 4) is 0 Å². The molecular formula is C14H17FN2O2. The Morgan fingerprint density at radius 1 is 1.42 bits per heavy atom. The molecule has 2 N–H and O–H groups in total. The summed E-state index contributed by atoms with van der Waals surface area (Å²) in [5, 5.41) is 5.63. The monoisotopic (exact) mass is 264 g/mol. The lowest BCUT2D eigenvalue weighted by Crippen LogP contribution is -2.31. The quantitative estimate of drug-likeness (QED) is 0.821. The van der Waals surface area contributed by atoms with Crippen molar-refractivity contribution in [3.63, 3.8) is 0 Å². The van der Waals surface area contributed by atoms with Gasteiger partial charge in [-0.15, -0.1) is 0 Å². The van der Waals surface area contributed by atoms with Crippen LogP contribution in [-0.4, -0.2) is 24.3 Å². The lowest BCUT2D eigenvalue weighted by molar-refractivity contribution is -0.114. The summed E-state index contributed by atoms with van der Waals surface area (Å²) in [5.41, 5.74) is 1.01. The Labute approximate surface area is 111 Å². The first-order valence-electron chi connectivity index (χ1n) is 6.34. The third-order valence-corrected chi connectivity index (χ3v) is 3.25. The number of nitrogens with one attached hydrogen (secondary N) is 2. The van der Waals surface area contributed by atoms with Gasteiger partial charge in [0, 0.05) is 12.5 Å². The van der Waals surface area contributed by atoms with Crippen molar-refractivity contribution in [2.24, 2.45) is 0 Å². The minimum atomic E-state index is -0.431. The molecule has 1 amide bonds. The van der Waals surface area contributed by atoms with Crippen LogP contribution in [0.4, 0.5) is 10.1 Å². The molecule has 19 heavy (non-hydrogen) atoms. The average molecular weight is 264 g/mol. The lowest BCUT2D eigenvalue weighted by atomic mass is 9.99. The van der Waals surface area contributed by atoms with Crippen LogP contribution >= 0.6 is 0 Å². The molecule has 1 aromatic carbocycles. The molecule has 1 aliphatic heterocycles. The molecule has 1 aromatic rings. The molecular weight excluding hydrogens is 247 g/mol. The number of carbonyl (C=O) groups excluding carboxylic acids is 2. The summed E-state index contributed by atoms with van der Waals surface area (Å²) < 4.78 is 13.6. The largest absolute Gasteiger partial charge is 0.326 e. The highest BCUT2D eigenvalue weighted by atomic mass is 19.1. The minimum absolute atomic E-state index is 0.0932. The van der Waals surface area contributed by atoms with Gasteiger partial charge in [0.15, 0.2) is 5.78 Å². The predicted molar refractivity (Wildman–Crippen MR) is 70.8 cm³/mol. The zero-order chi connectivity index (χ0) is 14.0. The number of Topliss-reactive ketones (excluding diaryl/α,β-unsaturated/α-hetero) is 1. The minimum Gasteiger partial charge on any atom is -0.326 e. The Balaban J connectivity index is 2.38. The molecule has 4 nitrogen and oxygen atoms in total. The molecule has 0 spiro atoms. The summed E-state index contributed by atoms with van der Waals surface area (Å²) in [6.45, 7) is 3.75. The fourth-order valence-electron chi connectivity index (χ4n) is 2.27. The van der Waals surface area contributed by atoms with E-state index >= 15 is 0 Å². The van der Waals surface area contributed by atoms with Crippen molar-refractivity contribution >= 4 is 17.4 Å². The summed E-state index contributed by atoms with van der Waals surface area (Å²) in [5.74, 6) is -0.847. The standard InChI is InChI=1S/C14H17FN2O2/c1-8-6-10(14(19)12-4-3-5-16-12)13(7-11(8)15)17-9(2)18/h6-7,12,16H,3-5H2,1-2H3,(H,17,18)/t12-/m0/s1. The summed E-state index contributed by atoms with van der Waals surface area (Å²) in [4.78, 5) is 23.5. The van der Waals surface area contributed by atoms with Crippen molar-refractivity contribution in [1.82, 2.24) is 5.32 Å². The zero-order valence-electron chi connectivity index (χ0n) is 11.0. The van der Waals surface area contributed by atoms with Gasteiger partial charge in [-0.05, 0) is 44.0 Å². The molecule has 0 unspecified atom stereocenters. The number of anilines is 1. The SMILES string of the molecule is CC(=O)Nc1cc(F)c(C)cc1C(=O)[C@@H]1CCCN1. The van der Waals surface area contributed by atoms with Crippen molar-refractivity contribution in [2.45, 2.75) is 32.7 Å². The van der Waals surface area contributed by atoms with E-state index in [1.54, 1.807) is 6.92 Å². The van der Waals surface area contributed by atoms with E-state index in [2.05, 4.69) is 10.6 Å². The first-order chi connectivity index (χ1) is 8.99. The molecule has 0 aliphatic carbocycles. The Hall–Kier alpha value is -1.75. The molecule has 1 aliphatic rings. The second-order valence-corrected chi connectivity index (χ2v) is 4.84. The van der Waals surface area contributed by atoms with Crippen LogP contribution in [0, 0.1) is 12.7 Å². The van der Waals surface area contributed by atoms with E-state index in [1.807, 2.05) is 0 Å². The molecule has 2 rings (SSSR count). The molecule has 1 heterocycles. The Morgan fingerprint density at radius 2 is 2.16 bits per heavy atom. The van der Waals surface area contributed by atoms with Crippen LogP contribution in [0.15, 0.2) is 12.1 Å². The van der Waals surface area contributed by atoms with Gasteiger partial charge in [-0.3, -0.25) is 9.59 Å². The van der Waals surface area contributed by atoms with E-state index in [1.165, 1.54) is 19.1 Å². The molecule has 102 valence electrons. The predicted octanol–water partition coefficient (Wildman–Crippen LogP) is 2.03. The number of hydrogen-bond acceptors (Lipinski definition) is 3. The molecule has 0 saturated carbocycles. The zero-order valence-corrected chi connectivity index (χ0v) is 11.0. The maximum atomic E-state index is 13.6. The summed E-state index contributed by atoms with van der Waals surface area (Å²) in [6, 6.07) is 2.47. The molecule has 1 saturated heterocycles. The van der Waals surface area contributed by atoms with Crippen molar-refractivity contribution < 1.29 is 14.0 Å². The summed E-state index contributed by atoms with van der Waals surface area (Å²) >= 11 is 0. The van der Waals surface area contributed by atoms with E-state index in [9.17, 15) is 14.0 Å². The van der Waals surface area contributed by atoms with Crippen LogP contribution in [0.1, 0.15) is 35.7 Å². The van der Waals surface area contributed by atoms with Gasteiger partial charge in [-0.1, -0.05) is 0 Å². The average Bonchev–Trinajstić information content (AvgIpc) is 2.85. The van der Waals surface area contributed by atoms with Gasteiger partial charge in [-0.2, -0.15) is 0 Å². The molecule has 0 aromatic heterocycles. The van der Waals surface area contributed by atoms with Gasteiger partial charge >= 0.3 is 0 Å². The second kappa shape index (κ2) is 5.48. The van der Waals surface area contributed by atoms with Crippen molar-refractivity contribution in [3.05, 3.63) is 29.1 Å². The number of hydrogen-bond donors (Lipinski definition) is 2. The lowest BCUT2D eigenvalue weighted by Gasteiger charge is -2.14. The number of rotatable bonds is 3. The Bertz CT molecular complexity index is 522. The highest BCUT2D eigenvalue weighted by molar-refractivity contribution is 6.07. The fourth-order valence-corrected chi connectivity index (χ4v) is 2.27. The van der Waals surface area contributed by atoms with Gasteiger partial charge < -0.3 is 10.6 Å².